The van der Waals surface area contributed by atoms with E-state index in [0.717, 1.165) is 0 Å². The molecule has 0 aliphatic rings. The second-order valence-electron chi connectivity index (χ2n) is 5.05. The number of ether oxygens (including phenoxy) is 2. The van der Waals surface area contributed by atoms with Crippen LogP contribution in [-0.2, 0) is 14.3 Å². The van der Waals surface area contributed by atoms with E-state index in [1.807, 2.05) is 0 Å². The molecule has 2 unspecified atom stereocenters. The molecular weight excluding hydrogens is 196 g/mol. The zero-order chi connectivity index (χ0) is 12.3. The van der Waals surface area contributed by atoms with Gasteiger partial charge in [-0.3, -0.25) is 4.79 Å². The SMILES string of the molecule is COCC(C)(O)C(C)C(=O)OC(C)(C)C. The monoisotopic (exact) mass is 218 g/mol. The van der Waals surface area contributed by atoms with Crippen LogP contribution in [0.3, 0.4) is 0 Å². The van der Waals surface area contributed by atoms with E-state index in [1.54, 1.807) is 34.6 Å². The zero-order valence-corrected chi connectivity index (χ0v) is 10.5. The third-order valence-corrected chi connectivity index (χ3v) is 2.13. The Morgan fingerprint density at radius 2 is 1.80 bits per heavy atom. The van der Waals surface area contributed by atoms with E-state index in [2.05, 4.69) is 0 Å². The highest BCUT2D eigenvalue weighted by Gasteiger charge is 2.36. The van der Waals surface area contributed by atoms with Crippen LogP contribution in [0.15, 0.2) is 0 Å². The number of esters is 1. The molecule has 0 aliphatic carbocycles. The number of hydrogen-bond donors (Lipinski definition) is 1. The number of rotatable bonds is 4. The lowest BCUT2D eigenvalue weighted by Gasteiger charge is -2.30. The highest BCUT2D eigenvalue weighted by molar-refractivity contribution is 5.73. The molecule has 0 fully saturated rings. The van der Waals surface area contributed by atoms with Crippen molar-refractivity contribution >= 4 is 5.97 Å². The summed E-state index contributed by atoms with van der Waals surface area (Å²) in [6.45, 7) is 8.68. The topological polar surface area (TPSA) is 55.8 Å². The quantitative estimate of drug-likeness (QED) is 0.724. The molecule has 1 N–H and O–H groups in total. The van der Waals surface area contributed by atoms with Crippen molar-refractivity contribution in [1.82, 2.24) is 0 Å². The van der Waals surface area contributed by atoms with E-state index < -0.39 is 23.1 Å². The van der Waals surface area contributed by atoms with Gasteiger partial charge in [-0.2, -0.15) is 0 Å². The summed E-state index contributed by atoms with van der Waals surface area (Å²) >= 11 is 0. The van der Waals surface area contributed by atoms with Crippen molar-refractivity contribution in [1.29, 1.82) is 0 Å². The highest BCUT2D eigenvalue weighted by Crippen LogP contribution is 2.21. The molecule has 0 aromatic rings. The van der Waals surface area contributed by atoms with Gasteiger partial charge in [0.1, 0.15) is 5.60 Å². The minimum absolute atomic E-state index is 0.105. The summed E-state index contributed by atoms with van der Waals surface area (Å²) in [7, 11) is 1.48. The van der Waals surface area contributed by atoms with E-state index in [9.17, 15) is 9.90 Å². The second-order valence-corrected chi connectivity index (χ2v) is 5.05. The summed E-state index contributed by atoms with van der Waals surface area (Å²) in [5.74, 6) is -1.03. The summed E-state index contributed by atoms with van der Waals surface area (Å²) < 4.78 is 10.0. The lowest BCUT2D eigenvalue weighted by molar-refractivity contribution is -0.170. The molecule has 0 saturated carbocycles. The van der Waals surface area contributed by atoms with E-state index in [4.69, 9.17) is 9.47 Å². The van der Waals surface area contributed by atoms with Gasteiger partial charge in [-0.05, 0) is 34.6 Å². The van der Waals surface area contributed by atoms with Gasteiger partial charge >= 0.3 is 5.97 Å². The second kappa shape index (κ2) is 4.94. The van der Waals surface area contributed by atoms with Gasteiger partial charge in [0.05, 0.1) is 18.1 Å². The molecule has 0 radical (unpaired) electrons. The molecule has 15 heavy (non-hydrogen) atoms. The van der Waals surface area contributed by atoms with Crippen molar-refractivity contribution in [2.24, 2.45) is 5.92 Å². The molecule has 0 bridgehead atoms. The lowest BCUT2D eigenvalue weighted by atomic mass is 9.91. The molecular formula is C11H22O4. The molecule has 0 aliphatic heterocycles. The molecule has 0 amide bonds. The number of carbonyl (C=O) groups excluding carboxylic acids is 1. The van der Waals surface area contributed by atoms with Crippen LogP contribution in [0.4, 0.5) is 0 Å². The lowest BCUT2D eigenvalue weighted by Crippen LogP contribution is -2.44. The van der Waals surface area contributed by atoms with Crippen molar-refractivity contribution in [3.8, 4) is 0 Å². The molecule has 4 heteroatoms. The van der Waals surface area contributed by atoms with Crippen LogP contribution in [0.2, 0.25) is 0 Å². The van der Waals surface area contributed by atoms with Crippen LogP contribution in [0.25, 0.3) is 0 Å². The number of carbonyl (C=O) groups is 1. The Morgan fingerprint density at radius 1 is 1.33 bits per heavy atom. The van der Waals surface area contributed by atoms with E-state index in [1.165, 1.54) is 7.11 Å². The van der Waals surface area contributed by atoms with Gasteiger partial charge in [0.2, 0.25) is 0 Å². The summed E-state index contributed by atoms with van der Waals surface area (Å²) in [4.78, 5) is 11.6. The summed E-state index contributed by atoms with van der Waals surface area (Å²) in [5.41, 5.74) is -1.73. The van der Waals surface area contributed by atoms with Gasteiger partial charge in [-0.1, -0.05) is 0 Å². The normalized spacial score (nSPS) is 18.1. The average Bonchev–Trinajstić information content (AvgIpc) is 1.99. The summed E-state index contributed by atoms with van der Waals surface area (Å²) in [6.07, 6.45) is 0. The average molecular weight is 218 g/mol. The maximum atomic E-state index is 11.6. The third kappa shape index (κ3) is 5.14. The highest BCUT2D eigenvalue weighted by atomic mass is 16.6. The van der Waals surface area contributed by atoms with E-state index in [0.29, 0.717) is 0 Å². The number of hydrogen-bond acceptors (Lipinski definition) is 4. The molecule has 90 valence electrons. The van der Waals surface area contributed by atoms with Gasteiger partial charge in [0.15, 0.2) is 0 Å². The van der Waals surface area contributed by atoms with Crippen LogP contribution < -0.4 is 0 Å². The smallest absolute Gasteiger partial charge is 0.312 e. The van der Waals surface area contributed by atoms with Crippen molar-refractivity contribution in [2.45, 2.75) is 45.8 Å². The first kappa shape index (κ1) is 14.4. The first-order valence-corrected chi connectivity index (χ1v) is 5.04. The fourth-order valence-corrected chi connectivity index (χ4v) is 1.06. The molecule has 0 rings (SSSR count). The molecule has 0 saturated heterocycles. The Morgan fingerprint density at radius 3 is 2.13 bits per heavy atom. The maximum Gasteiger partial charge on any atom is 0.312 e. The van der Waals surface area contributed by atoms with Crippen LogP contribution >= 0.6 is 0 Å². The minimum atomic E-state index is -1.20. The summed E-state index contributed by atoms with van der Waals surface area (Å²) in [6, 6.07) is 0. The van der Waals surface area contributed by atoms with Gasteiger partial charge < -0.3 is 14.6 Å². The van der Waals surface area contributed by atoms with E-state index in [-0.39, 0.29) is 6.61 Å². The molecule has 0 aromatic heterocycles. The number of aliphatic hydroxyl groups is 1. The zero-order valence-electron chi connectivity index (χ0n) is 10.5. The van der Waals surface area contributed by atoms with Crippen LogP contribution in [0, 0.1) is 5.92 Å². The maximum absolute atomic E-state index is 11.6. The number of methoxy groups -OCH3 is 1. The predicted octanol–water partition coefficient (Wildman–Crippen LogP) is 1.36. The Balaban J connectivity index is 4.44. The van der Waals surface area contributed by atoms with Gasteiger partial charge in [-0.25, -0.2) is 0 Å². The Hall–Kier alpha value is -0.610. The van der Waals surface area contributed by atoms with Gasteiger partial charge in [0.25, 0.3) is 0 Å². The largest absolute Gasteiger partial charge is 0.460 e. The van der Waals surface area contributed by atoms with Crippen LogP contribution in [0.1, 0.15) is 34.6 Å². The van der Waals surface area contributed by atoms with Crippen molar-refractivity contribution in [3.05, 3.63) is 0 Å². The van der Waals surface area contributed by atoms with Crippen molar-refractivity contribution in [3.63, 3.8) is 0 Å². The van der Waals surface area contributed by atoms with Gasteiger partial charge in [0, 0.05) is 7.11 Å². The molecule has 0 heterocycles. The summed E-state index contributed by atoms with van der Waals surface area (Å²) in [5, 5.41) is 9.92. The fourth-order valence-electron chi connectivity index (χ4n) is 1.06. The Labute approximate surface area is 91.6 Å². The fraction of sp³-hybridized carbons (Fsp3) is 0.909. The first-order chi connectivity index (χ1) is 6.60. The minimum Gasteiger partial charge on any atom is -0.460 e. The van der Waals surface area contributed by atoms with Crippen LogP contribution in [0.5, 0.6) is 0 Å². The van der Waals surface area contributed by atoms with Gasteiger partial charge in [-0.15, -0.1) is 0 Å². The van der Waals surface area contributed by atoms with Crippen molar-refractivity contribution < 1.29 is 19.4 Å². The Bertz CT molecular complexity index is 215. The van der Waals surface area contributed by atoms with Crippen molar-refractivity contribution in [2.75, 3.05) is 13.7 Å². The first-order valence-electron chi connectivity index (χ1n) is 5.04. The predicted molar refractivity (Wildman–Crippen MR) is 57.5 cm³/mol. The molecule has 4 nitrogen and oxygen atoms in total. The third-order valence-electron chi connectivity index (χ3n) is 2.13. The molecule has 0 spiro atoms. The molecule has 2 atom stereocenters. The molecule has 0 aromatic carbocycles. The van der Waals surface area contributed by atoms with Crippen LogP contribution in [-0.4, -0.2) is 36.0 Å². The Kier molecular flexibility index (Phi) is 4.74. The van der Waals surface area contributed by atoms with E-state index >= 15 is 0 Å². The standard InChI is InChI=1S/C11H22O4/c1-8(11(5,13)7-14-6)9(12)15-10(2,3)4/h8,13H,7H2,1-6H3.